The summed E-state index contributed by atoms with van der Waals surface area (Å²) in [7, 11) is 2.96. The van der Waals surface area contributed by atoms with Crippen molar-refractivity contribution in [2.45, 2.75) is 20.4 Å². The van der Waals surface area contributed by atoms with Gasteiger partial charge in [-0.1, -0.05) is 6.07 Å². The van der Waals surface area contributed by atoms with Gasteiger partial charge in [-0.25, -0.2) is 9.18 Å². The van der Waals surface area contributed by atoms with Gasteiger partial charge in [0.1, 0.15) is 11.5 Å². The number of ketones is 1. The molecule has 0 radical (unpaired) electrons. The standard InChI is InChI=1S/C24H24FN3O4/c1-15-21(16(2)27(3)22(15)24(31)32-4)20(29)14-28(13-17-6-5-11-26-12-17)23(30)18-7-9-19(25)10-8-18/h5-12H,13-14H2,1-4H3. The van der Waals surface area contributed by atoms with Crippen LogP contribution in [-0.2, 0) is 18.3 Å². The van der Waals surface area contributed by atoms with Crippen LogP contribution < -0.4 is 0 Å². The number of esters is 1. The van der Waals surface area contributed by atoms with Crippen LogP contribution in [0.4, 0.5) is 4.39 Å². The van der Waals surface area contributed by atoms with Crippen LogP contribution in [0.25, 0.3) is 0 Å². The van der Waals surface area contributed by atoms with E-state index in [1.54, 1.807) is 50.0 Å². The smallest absolute Gasteiger partial charge is 0.354 e. The summed E-state index contributed by atoms with van der Waals surface area (Å²) in [5.74, 6) is -1.73. The Balaban J connectivity index is 1.96. The van der Waals surface area contributed by atoms with Gasteiger partial charge in [0.15, 0.2) is 5.78 Å². The molecule has 0 saturated heterocycles. The fourth-order valence-corrected chi connectivity index (χ4v) is 3.71. The minimum atomic E-state index is -0.540. The fraction of sp³-hybridized carbons (Fsp3) is 0.250. The third kappa shape index (κ3) is 4.59. The van der Waals surface area contributed by atoms with Crippen molar-refractivity contribution >= 4 is 17.7 Å². The molecular formula is C24H24FN3O4. The first-order valence-electron chi connectivity index (χ1n) is 9.95. The summed E-state index contributed by atoms with van der Waals surface area (Å²) in [6, 6.07) is 8.71. The van der Waals surface area contributed by atoms with Gasteiger partial charge in [-0.15, -0.1) is 0 Å². The van der Waals surface area contributed by atoms with Crippen LogP contribution in [0.3, 0.4) is 0 Å². The Bertz CT molecular complexity index is 1150. The lowest BCUT2D eigenvalue weighted by atomic mass is 10.0. The summed E-state index contributed by atoms with van der Waals surface area (Å²) in [5, 5.41) is 0. The zero-order valence-corrected chi connectivity index (χ0v) is 18.4. The van der Waals surface area contributed by atoms with Gasteiger partial charge < -0.3 is 14.2 Å². The third-order valence-corrected chi connectivity index (χ3v) is 5.40. The lowest BCUT2D eigenvalue weighted by Gasteiger charge is -2.22. The van der Waals surface area contributed by atoms with Crippen molar-refractivity contribution in [2.24, 2.45) is 7.05 Å². The molecule has 0 atom stereocenters. The first kappa shape index (κ1) is 22.9. The Morgan fingerprint density at radius 3 is 2.41 bits per heavy atom. The zero-order valence-electron chi connectivity index (χ0n) is 18.4. The number of hydrogen-bond acceptors (Lipinski definition) is 5. The number of pyridine rings is 1. The molecule has 1 amide bonds. The number of halogens is 1. The van der Waals surface area contributed by atoms with Crippen LogP contribution in [0.5, 0.6) is 0 Å². The highest BCUT2D eigenvalue weighted by molar-refractivity contribution is 6.06. The fourth-order valence-electron chi connectivity index (χ4n) is 3.71. The Morgan fingerprint density at radius 1 is 1.12 bits per heavy atom. The molecular weight excluding hydrogens is 413 g/mol. The molecule has 32 heavy (non-hydrogen) atoms. The normalized spacial score (nSPS) is 10.7. The summed E-state index contributed by atoms with van der Waals surface area (Å²) in [5.41, 5.74) is 2.77. The van der Waals surface area contributed by atoms with Crippen molar-refractivity contribution in [3.8, 4) is 0 Å². The van der Waals surface area contributed by atoms with E-state index in [4.69, 9.17) is 4.74 Å². The number of carbonyl (C=O) groups excluding carboxylic acids is 3. The molecule has 2 heterocycles. The molecule has 2 aromatic heterocycles. The molecule has 3 aromatic rings. The van der Waals surface area contributed by atoms with Gasteiger partial charge in [0.25, 0.3) is 5.91 Å². The monoisotopic (exact) mass is 437 g/mol. The Morgan fingerprint density at radius 2 is 1.81 bits per heavy atom. The molecule has 166 valence electrons. The topological polar surface area (TPSA) is 81.5 Å². The number of amides is 1. The quantitative estimate of drug-likeness (QED) is 0.418. The molecule has 0 saturated carbocycles. The number of hydrogen-bond donors (Lipinski definition) is 0. The minimum Gasteiger partial charge on any atom is -0.464 e. The molecule has 0 aliphatic carbocycles. The molecule has 0 aliphatic rings. The highest BCUT2D eigenvalue weighted by Gasteiger charge is 2.28. The number of aromatic nitrogens is 2. The minimum absolute atomic E-state index is 0.143. The molecule has 0 bridgehead atoms. The molecule has 0 spiro atoms. The predicted octanol–water partition coefficient (Wildman–Crippen LogP) is 3.49. The van der Waals surface area contributed by atoms with Gasteiger partial charge in [0.2, 0.25) is 0 Å². The lowest BCUT2D eigenvalue weighted by Crippen LogP contribution is -2.35. The zero-order chi connectivity index (χ0) is 23.4. The van der Waals surface area contributed by atoms with Gasteiger partial charge in [-0.05, 0) is 55.3 Å². The number of ether oxygens (including phenoxy) is 1. The van der Waals surface area contributed by atoms with Crippen LogP contribution in [0, 0.1) is 19.7 Å². The number of nitrogens with zero attached hydrogens (tertiary/aromatic N) is 3. The van der Waals surface area contributed by atoms with Crippen molar-refractivity contribution in [3.63, 3.8) is 0 Å². The van der Waals surface area contributed by atoms with E-state index in [1.807, 2.05) is 0 Å². The molecule has 8 heteroatoms. The predicted molar refractivity (Wildman–Crippen MR) is 116 cm³/mol. The van der Waals surface area contributed by atoms with Crippen molar-refractivity contribution in [2.75, 3.05) is 13.7 Å². The molecule has 1 aromatic carbocycles. The van der Waals surface area contributed by atoms with Gasteiger partial charge in [-0.3, -0.25) is 14.6 Å². The van der Waals surface area contributed by atoms with Crippen molar-refractivity contribution in [1.82, 2.24) is 14.5 Å². The molecule has 0 unspecified atom stereocenters. The van der Waals surface area contributed by atoms with Crippen LogP contribution in [-0.4, -0.2) is 45.8 Å². The Hall–Kier alpha value is -3.81. The maximum absolute atomic E-state index is 13.3. The summed E-state index contributed by atoms with van der Waals surface area (Å²) in [6.07, 6.45) is 3.23. The van der Waals surface area contributed by atoms with E-state index in [-0.39, 0.29) is 30.1 Å². The number of carbonyl (C=O) groups is 3. The van der Waals surface area contributed by atoms with Crippen molar-refractivity contribution in [3.05, 3.63) is 88.3 Å². The molecule has 3 rings (SSSR count). The second-order valence-corrected chi connectivity index (χ2v) is 7.44. The number of methoxy groups -OCH3 is 1. The number of rotatable bonds is 7. The summed E-state index contributed by atoms with van der Waals surface area (Å²) < 4.78 is 19.8. The van der Waals surface area contributed by atoms with Crippen LogP contribution >= 0.6 is 0 Å². The van der Waals surface area contributed by atoms with E-state index in [2.05, 4.69) is 4.98 Å². The van der Waals surface area contributed by atoms with E-state index in [0.29, 0.717) is 16.8 Å². The first-order valence-corrected chi connectivity index (χ1v) is 9.95. The van der Waals surface area contributed by atoms with Gasteiger partial charge >= 0.3 is 5.97 Å². The average Bonchev–Trinajstić information content (AvgIpc) is 3.01. The average molecular weight is 437 g/mol. The van der Waals surface area contributed by atoms with Crippen LogP contribution in [0.1, 0.15) is 48.0 Å². The SMILES string of the molecule is COC(=O)c1c(C)c(C(=O)CN(Cc2cccnc2)C(=O)c2ccc(F)cc2)c(C)n1C. The number of Topliss-reactive ketones (excluding diaryl/α,β-unsaturated/α-hetero) is 1. The van der Waals surface area contributed by atoms with Gasteiger partial charge in [-0.2, -0.15) is 0 Å². The number of benzene rings is 1. The Kier molecular flexibility index (Phi) is 6.82. The molecule has 7 nitrogen and oxygen atoms in total. The summed E-state index contributed by atoms with van der Waals surface area (Å²) in [4.78, 5) is 44.1. The van der Waals surface area contributed by atoms with Crippen LogP contribution in [0.2, 0.25) is 0 Å². The maximum atomic E-state index is 13.3. The van der Waals surface area contributed by atoms with Crippen molar-refractivity contribution < 1.29 is 23.5 Å². The first-order chi connectivity index (χ1) is 15.2. The Labute approximate surface area is 185 Å². The van der Waals surface area contributed by atoms with E-state index in [1.165, 1.54) is 36.3 Å². The maximum Gasteiger partial charge on any atom is 0.354 e. The van der Waals surface area contributed by atoms with Crippen molar-refractivity contribution in [1.29, 1.82) is 0 Å². The van der Waals surface area contributed by atoms with Crippen LogP contribution in [0.15, 0.2) is 48.8 Å². The third-order valence-electron chi connectivity index (χ3n) is 5.40. The van der Waals surface area contributed by atoms with Gasteiger partial charge in [0.05, 0.1) is 13.7 Å². The van der Waals surface area contributed by atoms with E-state index >= 15 is 0 Å². The molecule has 0 fully saturated rings. The lowest BCUT2D eigenvalue weighted by molar-refractivity contribution is 0.0588. The van der Waals surface area contributed by atoms with Gasteiger partial charge in [0, 0.05) is 42.8 Å². The molecule has 0 N–H and O–H groups in total. The highest BCUT2D eigenvalue weighted by atomic mass is 19.1. The van der Waals surface area contributed by atoms with E-state index < -0.39 is 17.7 Å². The van der Waals surface area contributed by atoms with E-state index in [9.17, 15) is 18.8 Å². The highest BCUT2D eigenvalue weighted by Crippen LogP contribution is 2.23. The second-order valence-electron chi connectivity index (χ2n) is 7.44. The summed E-state index contributed by atoms with van der Waals surface area (Å²) >= 11 is 0. The largest absolute Gasteiger partial charge is 0.464 e. The molecule has 0 aliphatic heterocycles. The van der Waals surface area contributed by atoms with E-state index in [0.717, 1.165) is 5.56 Å². The second kappa shape index (κ2) is 9.55. The summed E-state index contributed by atoms with van der Waals surface area (Å²) in [6.45, 7) is 3.33.